The number of hydrogen-bond acceptors (Lipinski definition) is 5. The van der Waals surface area contributed by atoms with Gasteiger partial charge in [0.05, 0.1) is 4.92 Å². The van der Waals surface area contributed by atoms with Crippen LogP contribution in [0.4, 0.5) is 17.1 Å². The minimum absolute atomic E-state index is 0.0840. The fraction of sp³-hybridized carbons (Fsp3) is 0.600. The van der Waals surface area contributed by atoms with Crippen LogP contribution < -0.4 is 10.2 Å². The molecule has 0 aliphatic carbocycles. The lowest BCUT2D eigenvalue weighted by atomic mass is 10.2. The Kier molecular flexibility index (Phi) is 6.94. The number of nitrogens with zero attached hydrogens (tertiary/aromatic N) is 2. The smallest absolute Gasteiger partial charge is 0.273 e. The van der Waals surface area contributed by atoms with E-state index in [1.165, 1.54) is 0 Å². The number of non-ortho nitro benzene ring substituents is 1. The van der Waals surface area contributed by atoms with Crippen molar-refractivity contribution in [2.24, 2.45) is 0 Å². The van der Waals surface area contributed by atoms with Gasteiger partial charge in [0, 0.05) is 49.2 Å². The third kappa shape index (κ3) is 5.23. The zero-order valence-electron chi connectivity index (χ0n) is 13.0. The highest BCUT2D eigenvalue weighted by Crippen LogP contribution is 2.28. The van der Waals surface area contributed by atoms with Crippen molar-refractivity contribution in [3.8, 4) is 0 Å². The molecule has 1 aromatic rings. The molecule has 0 radical (unpaired) electrons. The highest BCUT2D eigenvalue weighted by Gasteiger charge is 2.16. The SMILES string of the molecule is CCCNc1cc(N(CCCO)C(C)C)cc([N+](=O)[O-])c1. The number of aliphatic hydroxyl groups excluding tert-OH is 1. The largest absolute Gasteiger partial charge is 0.396 e. The number of aliphatic hydroxyl groups is 1. The second-order valence-corrected chi connectivity index (χ2v) is 5.29. The Morgan fingerprint density at radius 1 is 1.38 bits per heavy atom. The van der Waals surface area contributed by atoms with Crippen LogP contribution in [0.5, 0.6) is 0 Å². The molecule has 0 atom stereocenters. The van der Waals surface area contributed by atoms with E-state index in [2.05, 4.69) is 10.2 Å². The molecular formula is C15H25N3O3. The van der Waals surface area contributed by atoms with Crippen LogP contribution in [0, 0.1) is 10.1 Å². The molecular weight excluding hydrogens is 270 g/mol. The van der Waals surface area contributed by atoms with E-state index >= 15 is 0 Å². The predicted molar refractivity (Wildman–Crippen MR) is 86.1 cm³/mol. The first-order chi connectivity index (χ1) is 9.99. The van der Waals surface area contributed by atoms with Gasteiger partial charge >= 0.3 is 0 Å². The molecule has 0 aromatic heterocycles. The lowest BCUT2D eigenvalue weighted by molar-refractivity contribution is -0.384. The van der Waals surface area contributed by atoms with Gasteiger partial charge in [-0.15, -0.1) is 0 Å². The van der Waals surface area contributed by atoms with Gasteiger partial charge < -0.3 is 15.3 Å². The van der Waals surface area contributed by atoms with Crippen LogP contribution in [-0.4, -0.2) is 35.8 Å². The Morgan fingerprint density at radius 2 is 2.10 bits per heavy atom. The summed E-state index contributed by atoms with van der Waals surface area (Å²) in [5, 5.41) is 23.3. The van der Waals surface area contributed by atoms with E-state index < -0.39 is 0 Å². The van der Waals surface area contributed by atoms with E-state index in [0.29, 0.717) is 13.0 Å². The lowest BCUT2D eigenvalue weighted by Gasteiger charge is -2.29. The highest BCUT2D eigenvalue weighted by atomic mass is 16.6. The lowest BCUT2D eigenvalue weighted by Crippen LogP contribution is -2.32. The number of hydrogen-bond donors (Lipinski definition) is 2. The molecule has 6 heteroatoms. The Bertz CT molecular complexity index is 463. The summed E-state index contributed by atoms with van der Waals surface area (Å²) in [7, 11) is 0. The predicted octanol–water partition coefficient (Wildman–Crippen LogP) is 3.01. The van der Waals surface area contributed by atoms with E-state index in [1.807, 2.05) is 26.8 Å². The number of nitro benzene ring substituents is 1. The summed E-state index contributed by atoms with van der Waals surface area (Å²) in [6, 6.07) is 5.29. The molecule has 1 aromatic carbocycles. The van der Waals surface area contributed by atoms with Crippen molar-refractivity contribution in [2.75, 3.05) is 29.9 Å². The maximum atomic E-state index is 11.1. The summed E-state index contributed by atoms with van der Waals surface area (Å²) in [4.78, 5) is 12.8. The molecule has 0 spiro atoms. The quantitative estimate of drug-likeness (QED) is 0.541. The zero-order chi connectivity index (χ0) is 15.8. The van der Waals surface area contributed by atoms with Crippen molar-refractivity contribution >= 4 is 17.1 Å². The van der Waals surface area contributed by atoms with Gasteiger partial charge in [0.25, 0.3) is 5.69 Å². The van der Waals surface area contributed by atoms with Crippen molar-refractivity contribution < 1.29 is 10.0 Å². The van der Waals surface area contributed by atoms with Gasteiger partial charge in [0.15, 0.2) is 0 Å². The molecule has 1 rings (SSSR count). The number of nitro groups is 1. The monoisotopic (exact) mass is 295 g/mol. The number of nitrogens with one attached hydrogen (secondary N) is 1. The van der Waals surface area contributed by atoms with Crippen LogP contribution in [-0.2, 0) is 0 Å². The van der Waals surface area contributed by atoms with Gasteiger partial charge in [0.1, 0.15) is 0 Å². The maximum absolute atomic E-state index is 11.1. The first-order valence-electron chi connectivity index (χ1n) is 7.40. The van der Waals surface area contributed by atoms with Gasteiger partial charge in [-0.25, -0.2) is 0 Å². The summed E-state index contributed by atoms with van der Waals surface area (Å²) >= 11 is 0. The van der Waals surface area contributed by atoms with Crippen LogP contribution >= 0.6 is 0 Å². The molecule has 0 unspecified atom stereocenters. The highest BCUT2D eigenvalue weighted by molar-refractivity contribution is 5.64. The average Bonchev–Trinajstić information content (AvgIpc) is 2.45. The van der Waals surface area contributed by atoms with Crippen LogP contribution in [0.15, 0.2) is 18.2 Å². The molecule has 6 nitrogen and oxygen atoms in total. The fourth-order valence-corrected chi connectivity index (χ4v) is 2.16. The minimum Gasteiger partial charge on any atom is -0.396 e. The van der Waals surface area contributed by atoms with E-state index in [1.54, 1.807) is 12.1 Å². The molecule has 0 saturated carbocycles. The number of benzene rings is 1. The Labute approximate surface area is 125 Å². The second-order valence-electron chi connectivity index (χ2n) is 5.29. The molecule has 0 bridgehead atoms. The topological polar surface area (TPSA) is 78.6 Å². The van der Waals surface area contributed by atoms with E-state index in [0.717, 1.165) is 24.3 Å². The molecule has 0 aliphatic rings. The van der Waals surface area contributed by atoms with Gasteiger partial charge in [-0.05, 0) is 32.8 Å². The van der Waals surface area contributed by atoms with Crippen LogP contribution in [0.3, 0.4) is 0 Å². The summed E-state index contributed by atoms with van der Waals surface area (Å²) in [6.07, 6.45) is 1.59. The Morgan fingerprint density at radius 3 is 2.62 bits per heavy atom. The van der Waals surface area contributed by atoms with Crippen LogP contribution in [0.2, 0.25) is 0 Å². The number of rotatable bonds is 9. The standard InChI is InChI=1S/C15H25N3O3/c1-4-6-16-13-9-14(11-15(10-13)18(20)21)17(12(2)3)7-5-8-19/h9-12,16,19H,4-8H2,1-3H3. The second kappa shape index (κ2) is 8.46. The summed E-state index contributed by atoms with van der Waals surface area (Å²) in [5.74, 6) is 0. The molecule has 0 aliphatic heterocycles. The van der Waals surface area contributed by atoms with E-state index in [-0.39, 0.29) is 23.3 Å². The maximum Gasteiger partial charge on any atom is 0.273 e. The molecule has 21 heavy (non-hydrogen) atoms. The average molecular weight is 295 g/mol. The first kappa shape index (κ1) is 17.2. The first-order valence-corrected chi connectivity index (χ1v) is 7.40. The third-order valence-electron chi connectivity index (χ3n) is 3.20. The van der Waals surface area contributed by atoms with Crippen LogP contribution in [0.25, 0.3) is 0 Å². The molecule has 0 amide bonds. The van der Waals surface area contributed by atoms with Crippen molar-refractivity contribution in [3.05, 3.63) is 28.3 Å². The van der Waals surface area contributed by atoms with Gasteiger partial charge in [-0.3, -0.25) is 10.1 Å². The summed E-state index contributed by atoms with van der Waals surface area (Å²) in [5.41, 5.74) is 1.66. The Balaban J connectivity index is 3.11. The van der Waals surface area contributed by atoms with Gasteiger partial charge in [0.2, 0.25) is 0 Å². The van der Waals surface area contributed by atoms with Crippen molar-refractivity contribution in [2.45, 2.75) is 39.7 Å². The van der Waals surface area contributed by atoms with E-state index in [9.17, 15) is 10.1 Å². The normalized spacial score (nSPS) is 10.7. The third-order valence-corrected chi connectivity index (χ3v) is 3.20. The molecule has 0 fully saturated rings. The minimum atomic E-state index is -0.370. The molecule has 2 N–H and O–H groups in total. The molecule has 0 saturated heterocycles. The van der Waals surface area contributed by atoms with Crippen molar-refractivity contribution in [1.82, 2.24) is 0 Å². The summed E-state index contributed by atoms with van der Waals surface area (Å²) < 4.78 is 0. The van der Waals surface area contributed by atoms with Crippen molar-refractivity contribution in [3.63, 3.8) is 0 Å². The summed E-state index contributed by atoms with van der Waals surface area (Å²) in [6.45, 7) is 7.68. The molecule has 0 heterocycles. The Hall–Kier alpha value is -1.82. The number of anilines is 2. The zero-order valence-corrected chi connectivity index (χ0v) is 13.0. The fourth-order valence-electron chi connectivity index (χ4n) is 2.16. The van der Waals surface area contributed by atoms with Crippen LogP contribution in [0.1, 0.15) is 33.6 Å². The van der Waals surface area contributed by atoms with Gasteiger partial charge in [-0.2, -0.15) is 0 Å². The van der Waals surface area contributed by atoms with Gasteiger partial charge in [-0.1, -0.05) is 6.92 Å². The molecule has 118 valence electrons. The van der Waals surface area contributed by atoms with E-state index in [4.69, 9.17) is 5.11 Å². The van der Waals surface area contributed by atoms with Crippen molar-refractivity contribution in [1.29, 1.82) is 0 Å².